The summed E-state index contributed by atoms with van der Waals surface area (Å²) in [7, 11) is 0. The molecule has 1 nitrogen and oxygen atoms in total. The first kappa shape index (κ1) is 36.4. The number of fused-ring (bicyclic) bond motifs is 9. The maximum Gasteiger partial charge on any atom is 0.0540 e. The zero-order chi connectivity index (χ0) is 41.6. The molecule has 0 spiro atoms. The third-order valence-electron chi connectivity index (χ3n) is 14.1. The van der Waals surface area contributed by atoms with Crippen molar-refractivity contribution in [3.05, 3.63) is 246 Å². The van der Waals surface area contributed by atoms with Gasteiger partial charge in [0, 0.05) is 27.6 Å². The number of hydrogen-bond acceptors (Lipinski definition) is 1. The van der Waals surface area contributed by atoms with Gasteiger partial charge in [0.05, 0.1) is 5.69 Å². The Bertz CT molecular complexity index is 3390. The Morgan fingerprint density at radius 2 is 0.968 bits per heavy atom. The minimum Gasteiger partial charge on any atom is -0.310 e. The van der Waals surface area contributed by atoms with Gasteiger partial charge in [0.1, 0.15) is 0 Å². The fraction of sp³-hybridized carbons (Fsp3) is 0.0820. The molecule has 0 amide bonds. The molecule has 1 heteroatoms. The minimum absolute atomic E-state index is 0.121. The Morgan fingerprint density at radius 3 is 1.81 bits per heavy atom. The number of anilines is 3. The molecule has 62 heavy (non-hydrogen) atoms. The van der Waals surface area contributed by atoms with Crippen molar-refractivity contribution in [2.75, 3.05) is 4.90 Å². The first-order valence-electron chi connectivity index (χ1n) is 21.8. The number of hydrogen-bond donors (Lipinski definition) is 0. The average Bonchev–Trinajstić information content (AvgIpc) is 3.73. The Labute approximate surface area is 364 Å². The SMILES string of the molecule is CC1(C)c2ccccc2-c2cccc(-c3cccc(N(c4ccc(-c5ccc6c(c5)C(C)(c5ccccc5)c5ccccc5-6)cc4)c4cccc5c4ccc4ccccc45)c3)c21. The second kappa shape index (κ2) is 13.8. The lowest BCUT2D eigenvalue weighted by Crippen LogP contribution is -2.22. The molecule has 10 aromatic carbocycles. The summed E-state index contributed by atoms with van der Waals surface area (Å²) in [5.74, 6) is 0. The van der Waals surface area contributed by atoms with Gasteiger partial charge in [0.25, 0.3) is 0 Å². The van der Waals surface area contributed by atoms with Gasteiger partial charge in [-0.3, -0.25) is 0 Å². The van der Waals surface area contributed by atoms with Gasteiger partial charge in [-0.2, -0.15) is 0 Å². The van der Waals surface area contributed by atoms with Crippen LogP contribution in [-0.2, 0) is 10.8 Å². The van der Waals surface area contributed by atoms with Crippen LogP contribution in [0.2, 0.25) is 0 Å². The van der Waals surface area contributed by atoms with Gasteiger partial charge in [0.15, 0.2) is 0 Å². The van der Waals surface area contributed by atoms with E-state index in [-0.39, 0.29) is 10.8 Å². The van der Waals surface area contributed by atoms with E-state index >= 15 is 0 Å². The Balaban J connectivity index is 1.00. The molecule has 0 fully saturated rings. The van der Waals surface area contributed by atoms with E-state index in [2.05, 4.69) is 244 Å². The summed E-state index contributed by atoms with van der Waals surface area (Å²) in [4.78, 5) is 2.46. The van der Waals surface area contributed by atoms with Crippen molar-refractivity contribution in [3.63, 3.8) is 0 Å². The van der Waals surface area contributed by atoms with Crippen molar-refractivity contribution in [2.24, 2.45) is 0 Å². The molecule has 0 saturated heterocycles. The van der Waals surface area contributed by atoms with E-state index in [4.69, 9.17) is 0 Å². The Morgan fingerprint density at radius 1 is 0.339 bits per heavy atom. The largest absolute Gasteiger partial charge is 0.310 e. The molecule has 1 unspecified atom stereocenters. The van der Waals surface area contributed by atoms with Gasteiger partial charge in [-0.05, 0) is 132 Å². The van der Waals surface area contributed by atoms with E-state index < -0.39 is 0 Å². The van der Waals surface area contributed by atoms with Crippen molar-refractivity contribution in [2.45, 2.75) is 31.6 Å². The molecule has 2 aliphatic carbocycles. The van der Waals surface area contributed by atoms with Crippen LogP contribution in [0.5, 0.6) is 0 Å². The van der Waals surface area contributed by atoms with Crippen molar-refractivity contribution < 1.29 is 0 Å². The molecular formula is C61H45N. The standard InChI is InChI=1S/C61H45N/c1-60(2)55-27-11-9-23-51(55)54-26-14-24-48(59(54)60)43-17-13-20-46(38-43)62(58-29-15-25-49-47-21-8-7-16-41(47)32-37-53(49)58)45-34-30-40(31-35-45)42-33-36-52-50-22-10-12-28-56(50)61(3,57(52)39-42)44-18-5-4-6-19-44/h4-39H,1-3H3. The first-order valence-corrected chi connectivity index (χ1v) is 21.8. The van der Waals surface area contributed by atoms with Gasteiger partial charge in [0.2, 0.25) is 0 Å². The molecular weight excluding hydrogens is 747 g/mol. The molecule has 0 aliphatic heterocycles. The molecule has 12 rings (SSSR count). The van der Waals surface area contributed by atoms with Crippen LogP contribution >= 0.6 is 0 Å². The van der Waals surface area contributed by atoms with Crippen LogP contribution in [0.3, 0.4) is 0 Å². The molecule has 0 aromatic heterocycles. The van der Waals surface area contributed by atoms with Crippen LogP contribution in [0.15, 0.2) is 218 Å². The Hall–Kier alpha value is -7.48. The van der Waals surface area contributed by atoms with E-state index in [1.165, 1.54) is 93.9 Å². The van der Waals surface area contributed by atoms with Crippen molar-refractivity contribution >= 4 is 38.6 Å². The highest BCUT2D eigenvalue weighted by atomic mass is 15.1. The maximum atomic E-state index is 2.46. The summed E-state index contributed by atoms with van der Waals surface area (Å²) in [5.41, 5.74) is 20.1. The van der Waals surface area contributed by atoms with Crippen LogP contribution in [-0.4, -0.2) is 0 Å². The predicted molar refractivity (Wildman–Crippen MR) is 262 cm³/mol. The lowest BCUT2D eigenvalue weighted by Gasteiger charge is -2.29. The van der Waals surface area contributed by atoms with Crippen LogP contribution in [0.4, 0.5) is 17.1 Å². The molecule has 294 valence electrons. The molecule has 2 aliphatic rings. The van der Waals surface area contributed by atoms with E-state index in [1.54, 1.807) is 0 Å². The third-order valence-corrected chi connectivity index (χ3v) is 14.1. The van der Waals surface area contributed by atoms with Gasteiger partial charge in [-0.1, -0.05) is 196 Å². The van der Waals surface area contributed by atoms with Crippen molar-refractivity contribution in [3.8, 4) is 44.5 Å². The smallest absolute Gasteiger partial charge is 0.0540 e. The first-order chi connectivity index (χ1) is 30.4. The normalized spacial score (nSPS) is 15.5. The molecule has 1 atom stereocenters. The van der Waals surface area contributed by atoms with Crippen molar-refractivity contribution in [1.82, 2.24) is 0 Å². The molecule has 0 heterocycles. The zero-order valence-corrected chi connectivity index (χ0v) is 35.2. The Kier molecular flexibility index (Phi) is 8.08. The number of nitrogens with zero attached hydrogens (tertiary/aromatic N) is 1. The number of benzene rings is 10. The predicted octanol–water partition coefficient (Wildman–Crippen LogP) is 16.4. The zero-order valence-electron chi connectivity index (χ0n) is 35.2. The van der Waals surface area contributed by atoms with Crippen LogP contribution < -0.4 is 4.90 Å². The lowest BCUT2D eigenvalue weighted by atomic mass is 9.74. The minimum atomic E-state index is -0.250. The molecule has 10 aromatic rings. The fourth-order valence-electron chi connectivity index (χ4n) is 11.1. The lowest BCUT2D eigenvalue weighted by molar-refractivity contribution is 0.662. The van der Waals surface area contributed by atoms with Crippen LogP contribution in [0.25, 0.3) is 66.1 Å². The van der Waals surface area contributed by atoms with Gasteiger partial charge < -0.3 is 4.90 Å². The highest BCUT2D eigenvalue weighted by Crippen LogP contribution is 2.54. The summed E-state index contributed by atoms with van der Waals surface area (Å²) in [5, 5.41) is 4.98. The number of rotatable bonds is 6. The van der Waals surface area contributed by atoms with Gasteiger partial charge in [-0.15, -0.1) is 0 Å². The van der Waals surface area contributed by atoms with Crippen LogP contribution in [0, 0.1) is 0 Å². The van der Waals surface area contributed by atoms with Gasteiger partial charge >= 0.3 is 0 Å². The fourth-order valence-corrected chi connectivity index (χ4v) is 11.1. The molecule has 0 bridgehead atoms. The second-order valence-electron chi connectivity index (χ2n) is 17.8. The summed E-state index contributed by atoms with van der Waals surface area (Å²) in [6.45, 7) is 7.14. The van der Waals surface area contributed by atoms with E-state index in [0.717, 1.165) is 17.1 Å². The van der Waals surface area contributed by atoms with E-state index in [0.29, 0.717) is 0 Å². The molecule has 0 radical (unpaired) electrons. The summed E-state index contributed by atoms with van der Waals surface area (Å²) >= 11 is 0. The maximum absolute atomic E-state index is 2.46. The molecule has 0 N–H and O–H groups in total. The van der Waals surface area contributed by atoms with E-state index in [1.807, 2.05) is 0 Å². The third kappa shape index (κ3) is 5.34. The quantitative estimate of drug-likeness (QED) is 0.152. The second-order valence-corrected chi connectivity index (χ2v) is 17.8. The summed E-state index contributed by atoms with van der Waals surface area (Å²) in [6.07, 6.45) is 0. The average molecular weight is 792 g/mol. The summed E-state index contributed by atoms with van der Waals surface area (Å²) in [6, 6.07) is 81.2. The highest BCUT2D eigenvalue weighted by molar-refractivity contribution is 6.13. The van der Waals surface area contributed by atoms with Gasteiger partial charge in [-0.25, -0.2) is 0 Å². The summed E-state index contributed by atoms with van der Waals surface area (Å²) < 4.78 is 0. The van der Waals surface area contributed by atoms with Crippen molar-refractivity contribution in [1.29, 1.82) is 0 Å². The molecule has 0 saturated carbocycles. The van der Waals surface area contributed by atoms with E-state index in [9.17, 15) is 0 Å². The topological polar surface area (TPSA) is 3.24 Å². The van der Waals surface area contributed by atoms with Crippen LogP contribution in [0.1, 0.15) is 48.6 Å². The highest BCUT2D eigenvalue weighted by Gasteiger charge is 2.41. The monoisotopic (exact) mass is 791 g/mol.